The molecule has 1 aliphatic heterocycles. The first kappa shape index (κ1) is 18.4. The second-order valence-corrected chi connectivity index (χ2v) is 6.57. The van der Waals surface area contributed by atoms with E-state index in [2.05, 4.69) is 37.0 Å². The predicted octanol–water partition coefficient (Wildman–Crippen LogP) is 2.96. The smallest absolute Gasteiger partial charge is 0.369 e. The lowest BCUT2D eigenvalue weighted by molar-refractivity contribution is -0.137. The lowest BCUT2D eigenvalue weighted by atomic mass is 10.2. The van der Waals surface area contributed by atoms with Crippen molar-refractivity contribution in [2.45, 2.75) is 6.18 Å². The van der Waals surface area contributed by atoms with Gasteiger partial charge in [0.1, 0.15) is 5.69 Å². The van der Waals surface area contributed by atoms with Gasteiger partial charge in [-0.1, -0.05) is 5.16 Å². The maximum absolute atomic E-state index is 12.9. The van der Waals surface area contributed by atoms with Gasteiger partial charge in [-0.2, -0.15) is 18.2 Å². The first-order valence-corrected chi connectivity index (χ1v) is 8.66. The number of nitrogens with zero attached hydrogens (tertiary/aromatic N) is 6. The fourth-order valence-corrected chi connectivity index (χ4v) is 2.96. The third-order valence-corrected chi connectivity index (χ3v) is 4.58. The minimum atomic E-state index is -4.50. The van der Waals surface area contributed by atoms with Crippen molar-refractivity contribution in [1.29, 1.82) is 0 Å². The zero-order valence-corrected chi connectivity index (χ0v) is 15.0. The Bertz CT molecular complexity index is 966. The summed E-state index contributed by atoms with van der Waals surface area (Å²) in [4.78, 5) is 16.6. The second kappa shape index (κ2) is 7.19. The van der Waals surface area contributed by atoms with Crippen LogP contribution >= 0.6 is 0 Å². The fraction of sp³-hybridized carbons (Fsp3) is 0.333. The molecule has 10 heteroatoms. The molecule has 0 N–H and O–H groups in total. The Morgan fingerprint density at radius 2 is 1.86 bits per heavy atom. The Labute approximate surface area is 158 Å². The highest BCUT2D eigenvalue weighted by atomic mass is 19.4. The molecule has 1 aliphatic rings. The van der Waals surface area contributed by atoms with Crippen LogP contribution in [0.3, 0.4) is 0 Å². The summed E-state index contributed by atoms with van der Waals surface area (Å²) < 4.78 is 43.8. The number of anilines is 1. The normalized spacial score (nSPS) is 15.8. The van der Waals surface area contributed by atoms with Crippen LogP contribution in [-0.4, -0.2) is 58.2 Å². The first-order chi connectivity index (χ1) is 13.4. The van der Waals surface area contributed by atoms with Crippen LogP contribution in [0.1, 0.15) is 5.56 Å². The zero-order chi connectivity index (χ0) is 19.7. The van der Waals surface area contributed by atoms with Gasteiger partial charge in [-0.05, 0) is 25.2 Å². The maximum atomic E-state index is 12.9. The molecule has 1 fully saturated rings. The summed E-state index contributed by atoms with van der Waals surface area (Å²) in [5.41, 5.74) is 0.709. The van der Waals surface area contributed by atoms with Gasteiger partial charge in [0.15, 0.2) is 0 Å². The molecule has 0 aliphatic carbocycles. The van der Waals surface area contributed by atoms with Crippen molar-refractivity contribution in [3.63, 3.8) is 0 Å². The van der Waals surface area contributed by atoms with E-state index in [1.165, 1.54) is 6.20 Å². The van der Waals surface area contributed by atoms with Crippen molar-refractivity contribution in [2.24, 2.45) is 0 Å². The van der Waals surface area contributed by atoms with E-state index in [4.69, 9.17) is 4.52 Å². The molecule has 0 saturated carbocycles. The van der Waals surface area contributed by atoms with Crippen LogP contribution in [0.25, 0.3) is 23.0 Å². The van der Waals surface area contributed by atoms with Crippen molar-refractivity contribution < 1.29 is 17.7 Å². The van der Waals surface area contributed by atoms with Crippen LogP contribution in [0.2, 0.25) is 0 Å². The molecule has 4 rings (SSSR count). The second-order valence-electron chi connectivity index (χ2n) is 6.57. The SMILES string of the molecule is CN1CCN(c2ccnc(-c3noc(-c4cncc(C(F)(F)F)c4)n3)c2)CC1. The van der Waals surface area contributed by atoms with Gasteiger partial charge < -0.3 is 14.3 Å². The quantitative estimate of drug-likeness (QED) is 0.681. The maximum Gasteiger partial charge on any atom is 0.417 e. The van der Waals surface area contributed by atoms with E-state index in [9.17, 15) is 13.2 Å². The molecule has 0 atom stereocenters. The number of piperazine rings is 1. The van der Waals surface area contributed by atoms with E-state index in [1.807, 2.05) is 12.1 Å². The summed E-state index contributed by atoms with van der Waals surface area (Å²) >= 11 is 0. The summed E-state index contributed by atoms with van der Waals surface area (Å²) in [7, 11) is 2.08. The average Bonchev–Trinajstić information content (AvgIpc) is 3.18. The Morgan fingerprint density at radius 3 is 2.61 bits per heavy atom. The minimum absolute atomic E-state index is 0.0413. The van der Waals surface area contributed by atoms with Crippen LogP contribution in [0.4, 0.5) is 18.9 Å². The predicted molar refractivity (Wildman–Crippen MR) is 95.5 cm³/mol. The molecule has 1 saturated heterocycles. The lowest BCUT2D eigenvalue weighted by Crippen LogP contribution is -2.44. The Hall–Kier alpha value is -3.01. The Balaban J connectivity index is 1.59. The van der Waals surface area contributed by atoms with Gasteiger partial charge in [0, 0.05) is 50.5 Å². The van der Waals surface area contributed by atoms with E-state index in [0.29, 0.717) is 5.69 Å². The monoisotopic (exact) mass is 390 g/mol. The van der Waals surface area contributed by atoms with Crippen LogP contribution in [0.5, 0.6) is 0 Å². The molecule has 3 aromatic heterocycles. The number of rotatable bonds is 3. The largest absolute Gasteiger partial charge is 0.417 e. The van der Waals surface area contributed by atoms with Crippen molar-refractivity contribution in [2.75, 3.05) is 38.1 Å². The molecule has 0 unspecified atom stereocenters. The van der Waals surface area contributed by atoms with Crippen LogP contribution in [0, 0.1) is 0 Å². The Morgan fingerprint density at radius 1 is 1.07 bits per heavy atom. The van der Waals surface area contributed by atoms with Crippen LogP contribution in [-0.2, 0) is 6.18 Å². The van der Waals surface area contributed by atoms with Gasteiger partial charge in [0.25, 0.3) is 5.89 Å². The molecule has 4 heterocycles. The number of aromatic nitrogens is 4. The van der Waals surface area contributed by atoms with Crippen LogP contribution in [0.15, 0.2) is 41.3 Å². The molecule has 146 valence electrons. The number of likely N-dealkylation sites (N-methyl/N-ethyl adjacent to an activating group) is 1. The third-order valence-electron chi connectivity index (χ3n) is 4.58. The van der Waals surface area contributed by atoms with E-state index in [1.54, 1.807) is 6.20 Å². The first-order valence-electron chi connectivity index (χ1n) is 8.66. The van der Waals surface area contributed by atoms with Gasteiger partial charge in [-0.25, -0.2) is 0 Å². The molecule has 7 nitrogen and oxygen atoms in total. The molecule has 3 aromatic rings. The lowest BCUT2D eigenvalue weighted by Gasteiger charge is -2.34. The molecule has 0 radical (unpaired) electrons. The number of alkyl halides is 3. The number of halogens is 3. The number of hydrogen-bond acceptors (Lipinski definition) is 7. The molecule has 0 spiro atoms. The number of pyridine rings is 2. The molecule has 0 aromatic carbocycles. The molecule has 28 heavy (non-hydrogen) atoms. The van der Waals surface area contributed by atoms with Gasteiger partial charge in [-0.3, -0.25) is 9.97 Å². The summed E-state index contributed by atoms with van der Waals surface area (Å²) in [6.07, 6.45) is -0.836. The highest BCUT2D eigenvalue weighted by Crippen LogP contribution is 2.31. The Kier molecular flexibility index (Phi) is 4.71. The standard InChI is InChI=1S/C18H17F3N6O/c1-26-4-6-27(7-5-26)14-2-3-23-15(9-14)16-24-17(28-25-16)12-8-13(11-22-10-12)18(19,20)21/h2-3,8-11H,4-7H2,1H3. The fourth-order valence-electron chi connectivity index (χ4n) is 2.96. The van der Waals surface area contributed by atoms with Gasteiger partial charge in [0.2, 0.25) is 5.82 Å². The minimum Gasteiger partial charge on any atom is -0.369 e. The molecule has 0 amide bonds. The van der Waals surface area contributed by atoms with E-state index in [-0.39, 0.29) is 17.3 Å². The summed E-state index contributed by atoms with van der Waals surface area (Å²) in [5, 5.41) is 3.87. The van der Waals surface area contributed by atoms with E-state index < -0.39 is 11.7 Å². The highest BCUT2D eigenvalue weighted by molar-refractivity contribution is 5.61. The third kappa shape index (κ3) is 3.81. The summed E-state index contributed by atoms with van der Waals surface area (Å²) in [5.74, 6) is 0.170. The zero-order valence-electron chi connectivity index (χ0n) is 15.0. The number of hydrogen-bond donors (Lipinski definition) is 0. The van der Waals surface area contributed by atoms with Crippen molar-refractivity contribution in [1.82, 2.24) is 25.0 Å². The van der Waals surface area contributed by atoms with Crippen molar-refractivity contribution in [3.8, 4) is 23.0 Å². The van der Waals surface area contributed by atoms with E-state index >= 15 is 0 Å². The van der Waals surface area contributed by atoms with Crippen molar-refractivity contribution >= 4 is 5.69 Å². The topological polar surface area (TPSA) is 71.2 Å². The summed E-state index contributed by atoms with van der Waals surface area (Å²) in [6, 6.07) is 4.69. The molecular weight excluding hydrogens is 373 g/mol. The van der Waals surface area contributed by atoms with E-state index in [0.717, 1.165) is 44.1 Å². The van der Waals surface area contributed by atoms with Gasteiger partial charge in [0.05, 0.1) is 11.1 Å². The van der Waals surface area contributed by atoms with Crippen molar-refractivity contribution in [3.05, 3.63) is 42.4 Å². The van der Waals surface area contributed by atoms with Gasteiger partial charge in [-0.15, -0.1) is 0 Å². The average molecular weight is 390 g/mol. The van der Waals surface area contributed by atoms with Gasteiger partial charge >= 0.3 is 6.18 Å². The molecule has 0 bridgehead atoms. The summed E-state index contributed by atoms with van der Waals surface area (Å²) in [6.45, 7) is 3.72. The highest BCUT2D eigenvalue weighted by Gasteiger charge is 2.31. The molecular formula is C18H17F3N6O. The van der Waals surface area contributed by atoms with Crippen LogP contribution < -0.4 is 4.90 Å².